The number of H-pyrrole nitrogens is 1. The fourth-order valence-corrected chi connectivity index (χ4v) is 1.70. The Balaban J connectivity index is 2.66. The molecule has 2 N–H and O–H groups in total. The highest BCUT2D eigenvalue weighted by Gasteiger charge is 2.10. The fourth-order valence-electron chi connectivity index (χ4n) is 1.70. The zero-order valence-corrected chi connectivity index (χ0v) is 10.3. The minimum absolute atomic E-state index is 0.344. The molecule has 0 saturated heterocycles. The van der Waals surface area contributed by atoms with E-state index in [0.717, 1.165) is 10.6 Å². The molecule has 0 unspecified atom stereocenters. The van der Waals surface area contributed by atoms with E-state index < -0.39 is 17.1 Å². The molecule has 1 aromatic heterocycles. The molecule has 1 heterocycles. The van der Waals surface area contributed by atoms with Gasteiger partial charge in [0.1, 0.15) is 0 Å². The van der Waals surface area contributed by atoms with Crippen LogP contribution in [-0.2, 0) is 0 Å². The summed E-state index contributed by atoms with van der Waals surface area (Å²) in [7, 11) is 2.94. The third-order valence-electron chi connectivity index (χ3n) is 2.55. The van der Waals surface area contributed by atoms with E-state index in [1.807, 2.05) is 0 Å². The number of hydrogen-bond acceptors (Lipinski definition) is 5. The summed E-state index contributed by atoms with van der Waals surface area (Å²) in [5, 5.41) is 9.69. The number of aromatic amines is 1. The molecular weight excluding hydrogens is 252 g/mol. The van der Waals surface area contributed by atoms with Crippen molar-refractivity contribution in [3.63, 3.8) is 0 Å². The monoisotopic (exact) mass is 264 g/mol. The van der Waals surface area contributed by atoms with Crippen LogP contribution in [0.2, 0.25) is 0 Å². The highest BCUT2D eigenvalue weighted by molar-refractivity contribution is 5.49. The molecule has 0 aliphatic rings. The maximum absolute atomic E-state index is 11.7. The number of aromatic hydroxyl groups is 1. The van der Waals surface area contributed by atoms with Crippen molar-refractivity contribution >= 4 is 0 Å². The third-order valence-corrected chi connectivity index (χ3v) is 2.55. The van der Waals surface area contributed by atoms with Gasteiger partial charge >= 0.3 is 5.69 Å². The number of aromatic nitrogens is 2. The second kappa shape index (κ2) is 4.89. The second-order valence-electron chi connectivity index (χ2n) is 3.67. The zero-order chi connectivity index (χ0) is 14.0. The van der Waals surface area contributed by atoms with Crippen molar-refractivity contribution in [2.24, 2.45) is 0 Å². The fraction of sp³-hybridized carbons (Fsp3) is 0.167. The molecule has 100 valence electrons. The Labute approximate surface area is 107 Å². The lowest BCUT2D eigenvalue weighted by atomic mass is 10.2. The van der Waals surface area contributed by atoms with Crippen LogP contribution >= 0.6 is 0 Å². The number of methoxy groups -OCH3 is 2. The molecule has 0 radical (unpaired) electrons. The average Bonchev–Trinajstić information content (AvgIpc) is 2.37. The lowest BCUT2D eigenvalue weighted by molar-refractivity contribution is 0.354. The maximum Gasteiger partial charge on any atom is 0.335 e. The molecule has 0 fully saturated rings. The largest absolute Gasteiger partial charge is 0.494 e. The van der Waals surface area contributed by atoms with Crippen LogP contribution < -0.4 is 20.7 Å². The lowest BCUT2D eigenvalue weighted by Gasteiger charge is -2.11. The summed E-state index contributed by atoms with van der Waals surface area (Å²) < 4.78 is 11.1. The van der Waals surface area contributed by atoms with Gasteiger partial charge in [0.2, 0.25) is 5.88 Å². The van der Waals surface area contributed by atoms with Crippen molar-refractivity contribution in [3.8, 4) is 23.1 Å². The summed E-state index contributed by atoms with van der Waals surface area (Å²) in [6.45, 7) is 0. The summed E-state index contributed by atoms with van der Waals surface area (Å²) in [5.74, 6) is 0.432. The van der Waals surface area contributed by atoms with Crippen molar-refractivity contribution in [2.45, 2.75) is 0 Å². The minimum atomic E-state index is -0.739. The quantitative estimate of drug-likeness (QED) is 0.828. The van der Waals surface area contributed by atoms with E-state index in [2.05, 4.69) is 4.98 Å². The molecule has 2 aromatic rings. The zero-order valence-electron chi connectivity index (χ0n) is 10.3. The van der Waals surface area contributed by atoms with Crippen LogP contribution in [0, 0.1) is 0 Å². The van der Waals surface area contributed by atoms with Gasteiger partial charge < -0.3 is 14.6 Å². The Bertz CT molecular complexity index is 717. The molecular formula is C12H12N2O5. The van der Waals surface area contributed by atoms with Gasteiger partial charge in [-0.25, -0.2) is 9.36 Å². The van der Waals surface area contributed by atoms with Crippen molar-refractivity contribution in [2.75, 3.05) is 14.2 Å². The molecule has 0 amide bonds. The van der Waals surface area contributed by atoms with Crippen LogP contribution in [0.3, 0.4) is 0 Å². The lowest BCUT2D eigenvalue weighted by Crippen LogP contribution is -2.27. The number of nitrogens with one attached hydrogen (secondary N) is 1. The first-order valence-electron chi connectivity index (χ1n) is 5.34. The predicted octanol–water partition coefficient (Wildman–Crippen LogP) is 0.249. The number of rotatable bonds is 3. The van der Waals surface area contributed by atoms with Gasteiger partial charge in [0, 0.05) is 6.07 Å². The summed E-state index contributed by atoms with van der Waals surface area (Å²) in [5.41, 5.74) is -1.06. The van der Waals surface area contributed by atoms with E-state index in [-0.39, 0.29) is 0 Å². The van der Waals surface area contributed by atoms with Crippen molar-refractivity contribution in [1.82, 2.24) is 9.55 Å². The third kappa shape index (κ3) is 2.30. The normalized spacial score (nSPS) is 10.2. The van der Waals surface area contributed by atoms with Gasteiger partial charge in [-0.2, -0.15) is 0 Å². The first-order chi connectivity index (χ1) is 9.06. The van der Waals surface area contributed by atoms with Gasteiger partial charge in [0.05, 0.1) is 26.0 Å². The van der Waals surface area contributed by atoms with Gasteiger partial charge in [-0.15, -0.1) is 0 Å². The smallest absolute Gasteiger partial charge is 0.335 e. The van der Waals surface area contributed by atoms with Crippen LogP contribution in [-0.4, -0.2) is 28.9 Å². The molecule has 1 aromatic carbocycles. The van der Waals surface area contributed by atoms with Crippen LogP contribution in [0.15, 0.2) is 33.9 Å². The highest BCUT2D eigenvalue weighted by atomic mass is 16.5. The topological polar surface area (TPSA) is 93.5 Å². The molecule has 7 heteroatoms. The number of hydrogen-bond donors (Lipinski definition) is 2. The molecule has 2 rings (SSSR count). The Morgan fingerprint density at radius 1 is 1.11 bits per heavy atom. The van der Waals surface area contributed by atoms with E-state index in [1.54, 1.807) is 12.1 Å². The van der Waals surface area contributed by atoms with Crippen LogP contribution in [0.4, 0.5) is 0 Å². The molecule has 0 atom stereocenters. The Morgan fingerprint density at radius 2 is 1.79 bits per heavy atom. The molecule has 0 saturated carbocycles. The molecule has 19 heavy (non-hydrogen) atoms. The predicted molar refractivity (Wildman–Crippen MR) is 67.4 cm³/mol. The van der Waals surface area contributed by atoms with E-state index in [1.165, 1.54) is 20.3 Å². The number of ether oxygens (including phenoxy) is 2. The van der Waals surface area contributed by atoms with Gasteiger partial charge in [-0.05, 0) is 12.1 Å². The Morgan fingerprint density at radius 3 is 2.37 bits per heavy atom. The molecule has 0 aliphatic heterocycles. The summed E-state index contributed by atoms with van der Waals surface area (Å²) in [6.07, 6.45) is 0. The van der Waals surface area contributed by atoms with Gasteiger partial charge in [-0.3, -0.25) is 9.78 Å². The van der Waals surface area contributed by atoms with Gasteiger partial charge in [0.15, 0.2) is 11.5 Å². The highest BCUT2D eigenvalue weighted by Crippen LogP contribution is 2.29. The minimum Gasteiger partial charge on any atom is -0.494 e. The first kappa shape index (κ1) is 12.7. The average molecular weight is 264 g/mol. The Hall–Kier alpha value is -2.70. The van der Waals surface area contributed by atoms with Crippen LogP contribution in [0.5, 0.6) is 17.4 Å². The molecule has 7 nitrogen and oxygen atoms in total. The van der Waals surface area contributed by atoms with Gasteiger partial charge in [0.25, 0.3) is 5.56 Å². The number of benzene rings is 1. The molecule has 0 bridgehead atoms. The van der Waals surface area contributed by atoms with Crippen molar-refractivity contribution in [1.29, 1.82) is 0 Å². The molecule has 0 aliphatic carbocycles. The van der Waals surface area contributed by atoms with Crippen LogP contribution in [0.1, 0.15) is 0 Å². The van der Waals surface area contributed by atoms with E-state index in [4.69, 9.17) is 9.47 Å². The Kier molecular flexibility index (Phi) is 3.28. The second-order valence-corrected chi connectivity index (χ2v) is 3.67. The van der Waals surface area contributed by atoms with Crippen LogP contribution in [0.25, 0.3) is 5.69 Å². The molecule has 0 spiro atoms. The summed E-state index contributed by atoms with van der Waals surface area (Å²) in [6, 6.07) is 5.57. The standard InChI is InChI=1S/C12H12N2O5/c1-18-8-4-3-7(5-9(8)19-2)14-11(16)6-10(15)13-12(14)17/h3-6,16H,1-2H3,(H,13,15,17). The first-order valence-corrected chi connectivity index (χ1v) is 5.34. The summed E-state index contributed by atoms with van der Waals surface area (Å²) in [4.78, 5) is 24.8. The summed E-state index contributed by atoms with van der Waals surface area (Å²) >= 11 is 0. The van der Waals surface area contributed by atoms with Crippen molar-refractivity contribution < 1.29 is 14.6 Å². The number of nitrogens with zero attached hydrogens (tertiary/aromatic N) is 1. The van der Waals surface area contributed by atoms with E-state index >= 15 is 0 Å². The van der Waals surface area contributed by atoms with E-state index in [9.17, 15) is 14.7 Å². The van der Waals surface area contributed by atoms with E-state index in [0.29, 0.717) is 17.2 Å². The van der Waals surface area contributed by atoms with Crippen molar-refractivity contribution in [3.05, 3.63) is 45.1 Å². The maximum atomic E-state index is 11.7. The van der Waals surface area contributed by atoms with Gasteiger partial charge in [-0.1, -0.05) is 0 Å². The SMILES string of the molecule is COc1ccc(-n2c(O)cc(=O)[nH]c2=O)cc1OC.